The maximum absolute atomic E-state index is 12.8. The number of pyridine rings is 2. The number of sulfonamides is 1. The summed E-state index contributed by atoms with van der Waals surface area (Å²) in [6.07, 6.45) is 3.18. The topological polar surface area (TPSA) is 110 Å². The quantitative estimate of drug-likeness (QED) is 0.537. The molecular weight excluding hydrogens is 471 g/mol. The lowest BCUT2D eigenvalue weighted by atomic mass is 10.1. The fourth-order valence-corrected chi connectivity index (χ4v) is 4.55. The summed E-state index contributed by atoms with van der Waals surface area (Å²) in [6, 6.07) is 4.05. The summed E-state index contributed by atoms with van der Waals surface area (Å²) in [5.41, 5.74) is 2.07. The largest absolute Gasteiger partial charge is 0.492 e. The van der Waals surface area contributed by atoms with E-state index < -0.39 is 27.1 Å². The number of allylic oxidation sites excluding steroid dienone is 4. The molecule has 0 radical (unpaired) electrons. The van der Waals surface area contributed by atoms with E-state index in [9.17, 15) is 26.9 Å². The lowest BCUT2D eigenvalue weighted by molar-refractivity contribution is -0.147. The van der Waals surface area contributed by atoms with Gasteiger partial charge in [-0.2, -0.15) is 23.2 Å². The maximum Gasteiger partial charge on any atom is 0.404 e. The Bertz CT molecular complexity index is 1470. The number of nitrogens with zero attached hydrogens (tertiary/aromatic N) is 4. The Morgan fingerprint density at radius 1 is 1.26 bits per heavy atom. The van der Waals surface area contributed by atoms with Crippen LogP contribution in [0, 0.1) is 11.3 Å². The molecule has 1 N–H and O–H groups in total. The molecule has 0 spiro atoms. The first-order chi connectivity index (χ1) is 16.1. The molecule has 1 aliphatic carbocycles. The molecule has 3 heterocycles. The van der Waals surface area contributed by atoms with E-state index in [1.165, 1.54) is 12.3 Å². The fourth-order valence-electron chi connectivity index (χ4n) is 3.38. The van der Waals surface area contributed by atoms with E-state index in [-0.39, 0.29) is 11.3 Å². The van der Waals surface area contributed by atoms with E-state index >= 15 is 0 Å². The van der Waals surface area contributed by atoms with Gasteiger partial charge in [0.05, 0.1) is 29.8 Å². The zero-order valence-electron chi connectivity index (χ0n) is 18.0. The van der Waals surface area contributed by atoms with E-state index in [4.69, 9.17) is 4.74 Å². The summed E-state index contributed by atoms with van der Waals surface area (Å²) in [5.74, 6) is 0.479. The van der Waals surface area contributed by atoms with Gasteiger partial charge in [0, 0.05) is 17.3 Å². The van der Waals surface area contributed by atoms with Crippen molar-refractivity contribution in [2.75, 3.05) is 6.61 Å². The monoisotopic (exact) mass is 489 g/mol. The molecular formula is C22H18F3N5O3S. The first kappa shape index (κ1) is 23.5. The third-order valence-electron chi connectivity index (χ3n) is 5.11. The van der Waals surface area contributed by atoms with Crippen molar-refractivity contribution in [2.24, 2.45) is 0 Å². The highest BCUT2D eigenvalue weighted by molar-refractivity contribution is 7.89. The van der Waals surface area contributed by atoms with Gasteiger partial charge in [-0.1, -0.05) is 6.08 Å². The lowest BCUT2D eigenvalue weighted by Gasteiger charge is -2.17. The van der Waals surface area contributed by atoms with Crippen molar-refractivity contribution in [1.82, 2.24) is 19.3 Å². The average molecular weight is 489 g/mol. The third-order valence-corrected chi connectivity index (χ3v) is 6.64. The second-order valence-electron chi connectivity index (χ2n) is 7.36. The number of nitriles is 1. The molecule has 4 rings (SSSR count). The smallest absolute Gasteiger partial charge is 0.404 e. The van der Waals surface area contributed by atoms with Crippen molar-refractivity contribution < 1.29 is 26.3 Å². The molecule has 176 valence electrons. The average Bonchev–Trinajstić information content (AvgIpc) is 3.05. The van der Waals surface area contributed by atoms with Gasteiger partial charge in [0.25, 0.3) is 0 Å². The zero-order chi connectivity index (χ0) is 24.7. The molecule has 8 nitrogen and oxygen atoms in total. The van der Waals surface area contributed by atoms with Gasteiger partial charge >= 0.3 is 6.18 Å². The van der Waals surface area contributed by atoms with Gasteiger partial charge in [0.1, 0.15) is 28.4 Å². The summed E-state index contributed by atoms with van der Waals surface area (Å²) >= 11 is 0. The number of halogens is 3. The summed E-state index contributed by atoms with van der Waals surface area (Å²) in [4.78, 5) is 8.17. The summed E-state index contributed by atoms with van der Waals surface area (Å²) in [5, 5.41) is 10.5. The molecule has 0 amide bonds. The molecule has 0 saturated carbocycles. The van der Waals surface area contributed by atoms with E-state index in [1.54, 1.807) is 15.4 Å². The van der Waals surface area contributed by atoms with Gasteiger partial charge in [-0.25, -0.2) is 13.4 Å². The minimum atomic E-state index is -4.74. The zero-order valence-corrected chi connectivity index (χ0v) is 18.8. The van der Waals surface area contributed by atoms with Gasteiger partial charge in [-0.15, -0.1) is 0 Å². The van der Waals surface area contributed by atoms with Crippen molar-refractivity contribution in [1.29, 1.82) is 5.26 Å². The SMILES string of the molecule is CCOc1cnc2c(c1)c(C#N)c(-c1ccc(S(=O)(=O)NC(C)C(F)(F)F)cn1)n2C1=CC=C1. The summed E-state index contributed by atoms with van der Waals surface area (Å²) in [7, 11) is -4.47. The van der Waals surface area contributed by atoms with Crippen LogP contribution >= 0.6 is 0 Å². The third kappa shape index (κ3) is 4.15. The molecule has 0 fully saturated rings. The molecule has 1 unspecified atom stereocenters. The molecule has 3 aromatic heterocycles. The molecule has 34 heavy (non-hydrogen) atoms. The number of nitrogens with one attached hydrogen (secondary N) is 1. The molecule has 3 aromatic rings. The lowest BCUT2D eigenvalue weighted by Crippen LogP contribution is -2.42. The standard InChI is InChI=1S/C22H18F3N5O3S/c1-3-33-15-9-17-18(10-26)20(30(14-5-4-6-14)21(17)28-11-15)19-8-7-16(12-27-19)34(31,32)29-13(2)22(23,24)25/h4-9,11-13,29H,3H2,1-2H3. The number of ether oxygens (including phenoxy) is 1. The van der Waals surface area contributed by atoms with Gasteiger partial charge in [0.2, 0.25) is 10.0 Å². The van der Waals surface area contributed by atoms with Crippen molar-refractivity contribution in [3.8, 4) is 23.2 Å². The van der Waals surface area contributed by atoms with Crippen LogP contribution in [0.3, 0.4) is 0 Å². The van der Waals surface area contributed by atoms with Crippen LogP contribution < -0.4 is 9.46 Å². The normalized spacial score (nSPS) is 14.4. The van der Waals surface area contributed by atoms with Crippen LogP contribution in [0.15, 0.2) is 53.7 Å². The Labute approximate surface area is 193 Å². The van der Waals surface area contributed by atoms with E-state index in [2.05, 4.69) is 16.0 Å². The number of fused-ring (bicyclic) bond motifs is 1. The molecule has 1 aliphatic rings. The van der Waals surface area contributed by atoms with Crippen molar-refractivity contribution in [2.45, 2.75) is 31.0 Å². The Hall–Kier alpha value is -3.69. The Morgan fingerprint density at radius 3 is 2.53 bits per heavy atom. The Balaban J connectivity index is 1.82. The number of hydrogen-bond donors (Lipinski definition) is 1. The summed E-state index contributed by atoms with van der Waals surface area (Å²) in [6.45, 7) is 2.94. The van der Waals surface area contributed by atoms with Gasteiger partial charge in [-0.05, 0) is 44.2 Å². The predicted molar refractivity (Wildman–Crippen MR) is 118 cm³/mol. The van der Waals surface area contributed by atoms with Crippen molar-refractivity contribution in [3.63, 3.8) is 0 Å². The molecule has 12 heteroatoms. The second kappa shape index (κ2) is 8.58. The van der Waals surface area contributed by atoms with Crippen molar-refractivity contribution in [3.05, 3.63) is 54.4 Å². The predicted octanol–water partition coefficient (Wildman–Crippen LogP) is 4.01. The highest BCUT2D eigenvalue weighted by Gasteiger charge is 2.39. The van der Waals surface area contributed by atoms with Gasteiger partial charge in [-0.3, -0.25) is 9.55 Å². The maximum atomic E-state index is 12.8. The van der Waals surface area contributed by atoms with Gasteiger partial charge < -0.3 is 4.74 Å². The number of aromatic nitrogens is 3. The molecule has 0 aromatic carbocycles. The van der Waals surface area contributed by atoms with E-state index in [0.29, 0.717) is 36.0 Å². The molecule has 0 saturated heterocycles. The fraction of sp³-hybridized carbons (Fsp3) is 0.227. The second-order valence-corrected chi connectivity index (χ2v) is 9.07. The molecule has 0 aliphatic heterocycles. The van der Waals surface area contributed by atoms with E-state index in [1.807, 2.05) is 25.2 Å². The first-order valence-electron chi connectivity index (χ1n) is 10.1. The van der Waals surface area contributed by atoms with Crippen LogP contribution in [0.25, 0.3) is 28.1 Å². The van der Waals surface area contributed by atoms with Crippen molar-refractivity contribution >= 4 is 26.8 Å². The Morgan fingerprint density at radius 2 is 2.00 bits per heavy atom. The highest BCUT2D eigenvalue weighted by Crippen LogP contribution is 2.37. The molecule has 1 atom stereocenters. The number of rotatable bonds is 7. The van der Waals surface area contributed by atoms with E-state index in [0.717, 1.165) is 18.0 Å². The Kier molecular flexibility index (Phi) is 5.93. The minimum Gasteiger partial charge on any atom is -0.492 e. The minimum absolute atomic E-state index is 0.247. The summed E-state index contributed by atoms with van der Waals surface area (Å²) < 4.78 is 72.0. The number of hydrogen-bond acceptors (Lipinski definition) is 6. The van der Waals surface area contributed by atoms with Crippen LogP contribution in [-0.4, -0.2) is 41.8 Å². The molecule has 0 bridgehead atoms. The van der Waals surface area contributed by atoms with Crippen LogP contribution in [0.1, 0.15) is 19.4 Å². The van der Waals surface area contributed by atoms with Crippen LogP contribution in [0.2, 0.25) is 0 Å². The first-order valence-corrected chi connectivity index (χ1v) is 11.6. The highest BCUT2D eigenvalue weighted by atomic mass is 32.2. The van der Waals surface area contributed by atoms with Crippen LogP contribution in [0.4, 0.5) is 13.2 Å². The number of alkyl halides is 3. The van der Waals surface area contributed by atoms with Gasteiger partial charge in [0.15, 0.2) is 0 Å². The van der Waals surface area contributed by atoms with Crippen LogP contribution in [0.5, 0.6) is 5.75 Å². The van der Waals surface area contributed by atoms with Crippen LogP contribution in [-0.2, 0) is 10.0 Å².